The average molecular weight is 377 g/mol. The Morgan fingerprint density at radius 3 is 2.29 bits per heavy atom. The smallest absolute Gasteiger partial charge is 0.277 e. The van der Waals surface area contributed by atoms with E-state index in [0.29, 0.717) is 16.5 Å². The molecule has 140 valence electrons. The van der Waals surface area contributed by atoms with Crippen molar-refractivity contribution in [2.24, 2.45) is 17.8 Å². The molecule has 0 unspecified atom stereocenters. The molecule has 3 amide bonds. The first-order valence-corrected chi connectivity index (χ1v) is 8.91. The lowest BCUT2D eigenvalue weighted by Crippen LogP contribution is -2.57. The van der Waals surface area contributed by atoms with E-state index in [1.165, 1.54) is 17.0 Å². The Morgan fingerprint density at radius 2 is 1.57 bits per heavy atom. The average Bonchev–Trinajstić information content (AvgIpc) is 2.96. The molecule has 2 aromatic rings. The zero-order valence-corrected chi connectivity index (χ0v) is 14.8. The third-order valence-electron chi connectivity index (χ3n) is 6.06. The van der Waals surface area contributed by atoms with E-state index in [1.54, 1.807) is 37.4 Å². The molecule has 1 aliphatic carbocycles. The molecule has 0 aromatic heterocycles. The fraction of sp³-hybridized carbons (Fsp3) is 0.250. The van der Waals surface area contributed by atoms with Crippen molar-refractivity contribution in [3.63, 3.8) is 0 Å². The van der Waals surface area contributed by atoms with E-state index in [4.69, 9.17) is 0 Å². The maximum absolute atomic E-state index is 13.3. The molecular formula is C20H15N3O5. The molecule has 2 bridgehead atoms. The van der Waals surface area contributed by atoms with Gasteiger partial charge in [0.05, 0.1) is 39.8 Å². The van der Waals surface area contributed by atoms with E-state index >= 15 is 0 Å². The summed E-state index contributed by atoms with van der Waals surface area (Å²) in [7, 11) is 1.64. The van der Waals surface area contributed by atoms with Crippen LogP contribution >= 0.6 is 0 Å². The number of fused-ring (bicyclic) bond motifs is 2. The number of rotatable bonds is 2. The summed E-state index contributed by atoms with van der Waals surface area (Å²) in [4.78, 5) is 52.5. The molecule has 8 nitrogen and oxygen atoms in total. The number of nitrogens with zero attached hydrogens (tertiary/aromatic N) is 3. The van der Waals surface area contributed by atoms with Crippen LogP contribution < -0.4 is 4.90 Å². The highest BCUT2D eigenvalue weighted by Crippen LogP contribution is 2.47. The zero-order valence-electron chi connectivity index (χ0n) is 14.8. The number of anilines is 1. The van der Waals surface area contributed by atoms with Crippen LogP contribution in [0.3, 0.4) is 0 Å². The van der Waals surface area contributed by atoms with E-state index < -0.39 is 34.6 Å². The third-order valence-corrected chi connectivity index (χ3v) is 6.06. The summed E-state index contributed by atoms with van der Waals surface area (Å²) in [6.45, 7) is 0. The van der Waals surface area contributed by atoms with Crippen molar-refractivity contribution in [3.05, 3.63) is 58.7 Å². The number of non-ortho nitro benzene ring substituents is 1. The van der Waals surface area contributed by atoms with Gasteiger partial charge in [0.25, 0.3) is 5.69 Å². The molecule has 0 saturated carbocycles. The van der Waals surface area contributed by atoms with Crippen LogP contribution in [0, 0.1) is 27.9 Å². The summed E-state index contributed by atoms with van der Waals surface area (Å²) in [5, 5.41) is 12.2. The molecule has 8 heteroatoms. The third kappa shape index (κ3) is 1.91. The van der Waals surface area contributed by atoms with Gasteiger partial charge >= 0.3 is 0 Å². The van der Waals surface area contributed by atoms with Crippen molar-refractivity contribution >= 4 is 39.9 Å². The number of carbonyl (C=O) groups excluding carboxylic acids is 3. The number of hydrogen-bond donors (Lipinski definition) is 0. The van der Waals surface area contributed by atoms with E-state index in [1.807, 2.05) is 6.08 Å². The quantitative estimate of drug-likeness (QED) is 0.344. The molecule has 2 fully saturated rings. The number of carbonyl (C=O) groups is 3. The first kappa shape index (κ1) is 16.6. The molecular weight excluding hydrogens is 362 g/mol. The Hall–Kier alpha value is -3.55. The van der Waals surface area contributed by atoms with Crippen LogP contribution in [0.1, 0.15) is 0 Å². The number of hydrogen-bond acceptors (Lipinski definition) is 5. The summed E-state index contributed by atoms with van der Waals surface area (Å²) in [5.41, 5.74) is 0.229. The summed E-state index contributed by atoms with van der Waals surface area (Å²) in [6.07, 6.45) is 3.53. The SMILES string of the molecule is CN1C(=O)[C@H]2C=C[C@@H]1[C@@H]1C(=O)N(c3ccc([N+](=O)[O-])c4ccccc34)C(=O)[C@@H]12. The van der Waals surface area contributed by atoms with Gasteiger partial charge in [0, 0.05) is 18.5 Å². The van der Waals surface area contributed by atoms with Gasteiger partial charge < -0.3 is 4.90 Å². The molecule has 0 spiro atoms. The van der Waals surface area contributed by atoms with E-state index in [-0.39, 0.29) is 17.5 Å². The van der Waals surface area contributed by atoms with Crippen LogP contribution in [0.5, 0.6) is 0 Å². The van der Waals surface area contributed by atoms with Crippen molar-refractivity contribution < 1.29 is 19.3 Å². The van der Waals surface area contributed by atoms with Gasteiger partial charge in [-0.1, -0.05) is 30.4 Å². The predicted octanol–water partition coefficient (Wildman–Crippen LogP) is 1.88. The first-order valence-electron chi connectivity index (χ1n) is 8.91. The lowest BCUT2D eigenvalue weighted by atomic mass is 9.70. The highest BCUT2D eigenvalue weighted by atomic mass is 16.6. The van der Waals surface area contributed by atoms with Gasteiger partial charge in [-0.05, 0) is 12.1 Å². The predicted molar refractivity (Wildman–Crippen MR) is 99.3 cm³/mol. The summed E-state index contributed by atoms with van der Waals surface area (Å²) >= 11 is 0. The normalized spacial score (nSPS) is 28.4. The van der Waals surface area contributed by atoms with Crippen LogP contribution in [0.25, 0.3) is 10.8 Å². The minimum Gasteiger partial charge on any atom is -0.338 e. The molecule has 28 heavy (non-hydrogen) atoms. The fourth-order valence-corrected chi connectivity index (χ4v) is 4.77. The zero-order chi connectivity index (χ0) is 19.7. The standard InChI is InChI=1S/C20H15N3O5/c1-21-15-7-6-12(18(21)24)16-17(15)20(26)22(19(16)25)13-8-9-14(23(27)28)11-5-3-2-4-10(11)13/h2-9,12,15-17H,1H3/t12-,15+,16+,17-/m0/s1. The van der Waals surface area contributed by atoms with Crippen LogP contribution in [-0.2, 0) is 14.4 Å². The Morgan fingerprint density at radius 1 is 0.893 bits per heavy atom. The highest BCUT2D eigenvalue weighted by molar-refractivity contribution is 6.27. The van der Waals surface area contributed by atoms with Crippen LogP contribution in [0.15, 0.2) is 48.6 Å². The molecule has 0 radical (unpaired) electrons. The molecule has 4 atom stereocenters. The van der Waals surface area contributed by atoms with Gasteiger partial charge in [-0.25, -0.2) is 4.90 Å². The lowest BCUT2D eigenvalue weighted by Gasteiger charge is -2.44. The second-order valence-electron chi connectivity index (χ2n) is 7.32. The summed E-state index contributed by atoms with van der Waals surface area (Å²) in [6, 6.07) is 8.93. The Bertz CT molecular complexity index is 1120. The number of benzene rings is 2. The lowest BCUT2D eigenvalue weighted by molar-refractivity contribution is -0.383. The number of imide groups is 1. The summed E-state index contributed by atoms with van der Waals surface area (Å²) < 4.78 is 0. The number of amides is 3. The van der Waals surface area contributed by atoms with Gasteiger partial charge in [-0.15, -0.1) is 0 Å². The molecule has 0 N–H and O–H groups in total. The van der Waals surface area contributed by atoms with Gasteiger partial charge in [0.2, 0.25) is 17.7 Å². The molecule has 3 heterocycles. The first-order chi connectivity index (χ1) is 13.4. The van der Waals surface area contributed by atoms with Crippen molar-refractivity contribution in [2.75, 3.05) is 11.9 Å². The van der Waals surface area contributed by atoms with Gasteiger partial charge in [0.15, 0.2) is 0 Å². The Labute approximate surface area is 159 Å². The van der Waals surface area contributed by atoms with Crippen molar-refractivity contribution in [1.82, 2.24) is 4.90 Å². The second-order valence-corrected chi connectivity index (χ2v) is 7.32. The van der Waals surface area contributed by atoms with Crippen molar-refractivity contribution in [3.8, 4) is 0 Å². The topological polar surface area (TPSA) is 101 Å². The van der Waals surface area contributed by atoms with E-state index in [9.17, 15) is 24.5 Å². The molecule has 6 rings (SSSR count). The fourth-order valence-electron chi connectivity index (χ4n) is 4.77. The van der Waals surface area contributed by atoms with E-state index in [2.05, 4.69) is 0 Å². The molecule has 3 aliphatic heterocycles. The minimum absolute atomic E-state index is 0.0903. The largest absolute Gasteiger partial charge is 0.338 e. The number of piperidine rings is 1. The summed E-state index contributed by atoms with van der Waals surface area (Å²) in [5.74, 6) is -2.95. The van der Waals surface area contributed by atoms with Crippen LogP contribution in [-0.4, -0.2) is 40.6 Å². The van der Waals surface area contributed by atoms with Crippen molar-refractivity contribution in [1.29, 1.82) is 0 Å². The minimum atomic E-state index is -0.722. The number of likely N-dealkylation sites (N-methyl/N-ethyl adjacent to an activating group) is 1. The maximum atomic E-state index is 13.3. The Kier molecular flexibility index (Phi) is 3.25. The number of nitro benzene ring substituents is 1. The van der Waals surface area contributed by atoms with E-state index in [0.717, 1.165) is 4.90 Å². The second kappa shape index (κ2) is 5.48. The Balaban J connectivity index is 1.67. The molecule has 2 saturated heterocycles. The monoisotopic (exact) mass is 377 g/mol. The number of nitro groups is 1. The van der Waals surface area contributed by atoms with Crippen LogP contribution in [0.4, 0.5) is 11.4 Å². The van der Waals surface area contributed by atoms with Gasteiger partial charge in [-0.2, -0.15) is 0 Å². The molecule has 4 aliphatic rings. The maximum Gasteiger partial charge on any atom is 0.277 e. The van der Waals surface area contributed by atoms with Crippen molar-refractivity contribution in [2.45, 2.75) is 6.04 Å². The van der Waals surface area contributed by atoms with Gasteiger partial charge in [-0.3, -0.25) is 24.5 Å². The van der Waals surface area contributed by atoms with Crippen LogP contribution in [0.2, 0.25) is 0 Å². The molecule has 2 aromatic carbocycles. The van der Waals surface area contributed by atoms with Gasteiger partial charge in [0.1, 0.15) is 0 Å². The highest BCUT2D eigenvalue weighted by Gasteiger charge is 2.61.